The highest BCUT2D eigenvalue weighted by Gasteiger charge is 2.40. The Hall–Kier alpha value is -1.66. The normalized spacial score (nSPS) is 22.5. The van der Waals surface area contributed by atoms with E-state index in [0.717, 1.165) is 0 Å². The van der Waals surface area contributed by atoms with Crippen LogP contribution in [0, 0.1) is 0 Å². The Morgan fingerprint density at radius 3 is 2.84 bits per heavy atom. The number of amides is 1. The summed E-state index contributed by atoms with van der Waals surface area (Å²) in [7, 11) is 1.50. The highest BCUT2D eigenvalue weighted by atomic mass is 35.5. The number of carbonyl (C=O) groups is 2. The summed E-state index contributed by atoms with van der Waals surface area (Å²) in [6, 6.07) is 3.77. The number of pyridine rings is 1. The molecule has 7 heteroatoms. The molecule has 0 aromatic carbocycles. The number of carbonyl (C=O) groups excluding carboxylic acids is 1. The van der Waals surface area contributed by atoms with Gasteiger partial charge < -0.3 is 14.7 Å². The van der Waals surface area contributed by atoms with Crippen molar-refractivity contribution in [3.8, 4) is 0 Å². The molecule has 1 amide bonds. The number of aromatic nitrogens is 1. The molecule has 0 saturated carbocycles. The largest absolute Gasteiger partial charge is 0.480 e. The van der Waals surface area contributed by atoms with Crippen LogP contribution in [0.25, 0.3) is 0 Å². The lowest BCUT2D eigenvalue weighted by Crippen LogP contribution is -2.41. The van der Waals surface area contributed by atoms with Crippen LogP contribution < -0.4 is 0 Å². The molecule has 102 valence electrons. The van der Waals surface area contributed by atoms with Crippen LogP contribution in [0.4, 0.5) is 0 Å². The van der Waals surface area contributed by atoms with E-state index < -0.39 is 17.9 Å². The fraction of sp³-hybridized carbons (Fsp3) is 0.417. The predicted octanol–water partition coefficient (Wildman–Crippen LogP) is 1.05. The molecular weight excluding hydrogens is 272 g/mol. The van der Waals surface area contributed by atoms with Crippen LogP contribution in [0.15, 0.2) is 18.2 Å². The van der Waals surface area contributed by atoms with Gasteiger partial charge in [0.1, 0.15) is 16.9 Å². The highest BCUT2D eigenvalue weighted by molar-refractivity contribution is 6.29. The summed E-state index contributed by atoms with van der Waals surface area (Å²) in [4.78, 5) is 28.6. The standard InChI is InChI=1S/C12H13ClN2O4/c1-19-7-5-9(12(17)18)15(6-7)11(16)8-3-2-4-10(13)14-8/h2-4,7,9H,5-6H2,1H3,(H,17,18). The maximum atomic E-state index is 12.3. The first-order valence-corrected chi connectivity index (χ1v) is 6.10. The molecule has 2 heterocycles. The zero-order chi connectivity index (χ0) is 14.0. The van der Waals surface area contributed by atoms with E-state index in [2.05, 4.69) is 4.98 Å². The Balaban J connectivity index is 2.24. The molecule has 2 unspecified atom stereocenters. The van der Waals surface area contributed by atoms with Crippen molar-refractivity contribution in [2.75, 3.05) is 13.7 Å². The molecule has 1 aromatic heterocycles. The number of nitrogens with zero attached hydrogens (tertiary/aromatic N) is 2. The third kappa shape index (κ3) is 2.85. The zero-order valence-electron chi connectivity index (χ0n) is 10.2. The van der Waals surface area contributed by atoms with Gasteiger partial charge in [0.15, 0.2) is 0 Å². The van der Waals surface area contributed by atoms with Crippen molar-refractivity contribution in [1.82, 2.24) is 9.88 Å². The fourth-order valence-corrected chi connectivity index (χ4v) is 2.27. The van der Waals surface area contributed by atoms with Crippen LogP contribution in [0.2, 0.25) is 5.15 Å². The van der Waals surface area contributed by atoms with Gasteiger partial charge in [-0.3, -0.25) is 4.79 Å². The van der Waals surface area contributed by atoms with E-state index in [1.807, 2.05) is 0 Å². The quantitative estimate of drug-likeness (QED) is 0.839. The number of carboxylic acids is 1. The first-order chi connectivity index (χ1) is 9.02. The van der Waals surface area contributed by atoms with Gasteiger partial charge in [-0.05, 0) is 12.1 Å². The molecule has 1 saturated heterocycles. The number of halogens is 1. The molecule has 1 N–H and O–H groups in total. The molecule has 2 rings (SSSR count). The summed E-state index contributed by atoms with van der Waals surface area (Å²) in [5.74, 6) is -1.50. The van der Waals surface area contributed by atoms with Crippen LogP contribution in [0.3, 0.4) is 0 Å². The van der Waals surface area contributed by atoms with Crippen molar-refractivity contribution in [2.24, 2.45) is 0 Å². The van der Waals surface area contributed by atoms with Crippen LogP contribution in [0.1, 0.15) is 16.9 Å². The Kier molecular flexibility index (Phi) is 4.01. The number of rotatable bonds is 3. The molecule has 1 aliphatic heterocycles. The number of hydrogen-bond acceptors (Lipinski definition) is 4. The van der Waals surface area contributed by atoms with Crippen molar-refractivity contribution in [2.45, 2.75) is 18.6 Å². The third-order valence-electron chi connectivity index (χ3n) is 3.08. The molecule has 0 aliphatic carbocycles. The molecule has 1 fully saturated rings. The zero-order valence-corrected chi connectivity index (χ0v) is 11.0. The Labute approximate surface area is 114 Å². The molecule has 19 heavy (non-hydrogen) atoms. The van der Waals surface area contributed by atoms with E-state index >= 15 is 0 Å². The number of likely N-dealkylation sites (tertiary alicyclic amines) is 1. The van der Waals surface area contributed by atoms with Gasteiger partial charge in [-0.1, -0.05) is 17.7 Å². The summed E-state index contributed by atoms with van der Waals surface area (Å²) < 4.78 is 5.13. The minimum Gasteiger partial charge on any atom is -0.480 e. The molecular formula is C12H13ClN2O4. The van der Waals surface area contributed by atoms with Crippen molar-refractivity contribution in [3.05, 3.63) is 29.0 Å². The topological polar surface area (TPSA) is 79.7 Å². The van der Waals surface area contributed by atoms with Gasteiger partial charge in [-0.2, -0.15) is 0 Å². The van der Waals surface area contributed by atoms with Crippen molar-refractivity contribution < 1.29 is 19.4 Å². The molecule has 0 bridgehead atoms. The van der Waals surface area contributed by atoms with Gasteiger partial charge in [-0.15, -0.1) is 0 Å². The summed E-state index contributed by atoms with van der Waals surface area (Å²) in [6.07, 6.45) is 0.00207. The lowest BCUT2D eigenvalue weighted by atomic mass is 10.2. The summed E-state index contributed by atoms with van der Waals surface area (Å²) in [6.45, 7) is 0.237. The average Bonchev–Trinajstić information content (AvgIpc) is 2.82. The van der Waals surface area contributed by atoms with E-state index in [1.54, 1.807) is 12.1 Å². The summed E-state index contributed by atoms with van der Waals surface area (Å²) in [5, 5.41) is 9.35. The number of methoxy groups -OCH3 is 1. The molecule has 2 atom stereocenters. The number of ether oxygens (including phenoxy) is 1. The van der Waals surface area contributed by atoms with Crippen molar-refractivity contribution >= 4 is 23.5 Å². The van der Waals surface area contributed by atoms with Gasteiger partial charge in [0.05, 0.1) is 6.10 Å². The Morgan fingerprint density at radius 2 is 2.26 bits per heavy atom. The van der Waals surface area contributed by atoms with Crippen LogP contribution in [0.5, 0.6) is 0 Å². The SMILES string of the molecule is COC1CC(C(=O)O)N(C(=O)c2cccc(Cl)n2)C1. The third-order valence-corrected chi connectivity index (χ3v) is 3.29. The fourth-order valence-electron chi connectivity index (χ4n) is 2.10. The maximum Gasteiger partial charge on any atom is 0.326 e. The van der Waals surface area contributed by atoms with E-state index in [1.165, 1.54) is 18.1 Å². The number of hydrogen-bond donors (Lipinski definition) is 1. The molecule has 1 aliphatic rings. The molecule has 6 nitrogen and oxygen atoms in total. The predicted molar refractivity (Wildman–Crippen MR) is 67.1 cm³/mol. The van der Waals surface area contributed by atoms with E-state index in [0.29, 0.717) is 0 Å². The van der Waals surface area contributed by atoms with Gasteiger partial charge >= 0.3 is 5.97 Å². The minimum atomic E-state index is -1.05. The molecule has 1 aromatic rings. The van der Waals surface area contributed by atoms with Crippen molar-refractivity contribution in [1.29, 1.82) is 0 Å². The van der Waals surface area contributed by atoms with Gasteiger partial charge in [0.25, 0.3) is 5.91 Å². The van der Waals surface area contributed by atoms with E-state index in [-0.39, 0.29) is 29.9 Å². The maximum absolute atomic E-state index is 12.3. The van der Waals surface area contributed by atoms with Crippen LogP contribution in [-0.4, -0.2) is 52.7 Å². The lowest BCUT2D eigenvalue weighted by molar-refractivity contribution is -0.141. The summed E-state index contributed by atoms with van der Waals surface area (Å²) >= 11 is 5.73. The molecule has 0 spiro atoms. The Morgan fingerprint density at radius 1 is 1.53 bits per heavy atom. The number of aliphatic carboxylic acids is 1. The lowest BCUT2D eigenvalue weighted by Gasteiger charge is -2.20. The second-order valence-electron chi connectivity index (χ2n) is 4.25. The first-order valence-electron chi connectivity index (χ1n) is 5.72. The monoisotopic (exact) mass is 284 g/mol. The highest BCUT2D eigenvalue weighted by Crippen LogP contribution is 2.22. The van der Waals surface area contributed by atoms with Gasteiger partial charge in [-0.25, -0.2) is 9.78 Å². The van der Waals surface area contributed by atoms with E-state index in [4.69, 9.17) is 21.4 Å². The summed E-state index contributed by atoms with van der Waals surface area (Å²) in [5.41, 5.74) is 0.135. The van der Waals surface area contributed by atoms with Crippen molar-refractivity contribution in [3.63, 3.8) is 0 Å². The molecule has 0 radical (unpaired) electrons. The average molecular weight is 285 g/mol. The Bertz CT molecular complexity index is 508. The smallest absolute Gasteiger partial charge is 0.326 e. The minimum absolute atomic E-state index is 0.135. The van der Waals surface area contributed by atoms with Crippen LogP contribution in [-0.2, 0) is 9.53 Å². The van der Waals surface area contributed by atoms with Gasteiger partial charge in [0.2, 0.25) is 0 Å². The van der Waals surface area contributed by atoms with E-state index in [9.17, 15) is 9.59 Å². The first kappa shape index (κ1) is 13.8. The number of carboxylic acid groups (broad SMARTS) is 1. The van der Waals surface area contributed by atoms with Crippen LogP contribution >= 0.6 is 11.6 Å². The second-order valence-corrected chi connectivity index (χ2v) is 4.64. The van der Waals surface area contributed by atoms with Gasteiger partial charge in [0, 0.05) is 20.1 Å². The second kappa shape index (κ2) is 5.54.